The molecule has 0 aromatic heterocycles. The predicted octanol–water partition coefficient (Wildman–Crippen LogP) is 5.09. The minimum atomic E-state index is -0.902. The maximum Gasteiger partial charge on any atom is 0.320 e. The summed E-state index contributed by atoms with van der Waals surface area (Å²) in [6.45, 7) is 2.97. The molecule has 3 aromatic carbocycles. The quantitative estimate of drug-likeness (QED) is 0.374. The lowest BCUT2D eigenvalue weighted by molar-refractivity contribution is 0.0578. The number of aromatic hydroxyl groups is 2. The fourth-order valence-electron chi connectivity index (χ4n) is 6.75. The van der Waals surface area contributed by atoms with E-state index < -0.39 is 23.6 Å². The van der Waals surface area contributed by atoms with E-state index in [0.29, 0.717) is 24.2 Å². The van der Waals surface area contributed by atoms with Gasteiger partial charge in [-0.1, -0.05) is 36.4 Å². The third-order valence-electron chi connectivity index (χ3n) is 8.77. The van der Waals surface area contributed by atoms with Crippen LogP contribution in [0.2, 0.25) is 0 Å². The van der Waals surface area contributed by atoms with E-state index in [2.05, 4.69) is 0 Å². The molecule has 0 saturated carbocycles. The van der Waals surface area contributed by atoms with Crippen LogP contribution < -0.4 is 0 Å². The summed E-state index contributed by atoms with van der Waals surface area (Å²) in [4.78, 5) is 48.2. The molecule has 0 spiro atoms. The molecule has 4 atom stereocenters. The Morgan fingerprint density at radius 3 is 1.98 bits per heavy atom. The number of nitrogens with zero attached hydrogens (tertiary/aromatic N) is 3. The number of ketones is 2. The van der Waals surface area contributed by atoms with E-state index in [1.54, 1.807) is 48.2 Å². The number of urea groups is 1. The molecule has 2 heterocycles. The number of benzene rings is 3. The van der Waals surface area contributed by atoms with Crippen molar-refractivity contribution in [2.45, 2.75) is 31.7 Å². The van der Waals surface area contributed by atoms with Gasteiger partial charge in [-0.15, -0.1) is 0 Å². The van der Waals surface area contributed by atoms with Crippen LogP contribution in [-0.4, -0.2) is 88.8 Å². The Morgan fingerprint density at radius 2 is 1.44 bits per heavy atom. The lowest BCUT2D eigenvalue weighted by Crippen LogP contribution is -2.57. The minimum absolute atomic E-state index is 0.00568. The first-order valence-corrected chi connectivity index (χ1v) is 14.7. The summed E-state index contributed by atoms with van der Waals surface area (Å²) in [7, 11) is 3.92. The van der Waals surface area contributed by atoms with Gasteiger partial charge in [0, 0.05) is 61.1 Å². The van der Waals surface area contributed by atoms with Crippen LogP contribution in [0.5, 0.6) is 11.5 Å². The van der Waals surface area contributed by atoms with Crippen LogP contribution >= 0.6 is 0 Å². The second kappa shape index (κ2) is 12.6. The molecule has 0 radical (unpaired) electrons. The van der Waals surface area contributed by atoms with Gasteiger partial charge < -0.3 is 24.9 Å². The van der Waals surface area contributed by atoms with Crippen molar-refractivity contribution in [2.24, 2.45) is 11.8 Å². The Hall–Kier alpha value is -4.24. The highest BCUT2D eigenvalue weighted by atomic mass is 19.1. The summed E-state index contributed by atoms with van der Waals surface area (Å²) in [5.41, 5.74) is 1.35. The average molecular weight is 588 g/mol. The predicted molar refractivity (Wildman–Crippen MR) is 161 cm³/mol. The molecule has 2 saturated heterocycles. The molecule has 2 N–H and O–H groups in total. The van der Waals surface area contributed by atoms with Crippen molar-refractivity contribution < 1.29 is 29.0 Å². The van der Waals surface area contributed by atoms with E-state index in [0.717, 1.165) is 12.8 Å². The van der Waals surface area contributed by atoms with Gasteiger partial charge in [0.25, 0.3) is 0 Å². The number of likely N-dealkylation sites (N-methyl/N-ethyl adjacent to an activating group) is 1. The second-order valence-corrected chi connectivity index (χ2v) is 12.0. The number of halogens is 1. The smallest absolute Gasteiger partial charge is 0.320 e. The first-order valence-electron chi connectivity index (χ1n) is 14.7. The molecule has 8 nitrogen and oxygen atoms in total. The number of Topliss-reactive ketones (excluding diaryl/α,β-unsaturated/α-hetero) is 2. The van der Waals surface area contributed by atoms with Gasteiger partial charge in [-0.3, -0.25) is 9.59 Å². The van der Waals surface area contributed by atoms with Crippen molar-refractivity contribution in [3.8, 4) is 11.5 Å². The number of likely N-dealkylation sites (tertiary alicyclic amines) is 2. The first kappa shape index (κ1) is 30.2. The number of carbonyl (C=O) groups is 3. The molecule has 226 valence electrons. The normalized spacial score (nSPS) is 22.2. The van der Waals surface area contributed by atoms with Crippen molar-refractivity contribution >= 4 is 17.6 Å². The summed E-state index contributed by atoms with van der Waals surface area (Å²) in [6, 6.07) is 16.4. The number of piperidine rings is 1. The standard InChI is InChI=1S/C34H38FN3O5/c1-21-27(13-6-14-30(21)35)31-28(32(41)22-8-4-11-25(39)16-22)19-37(34(43)38-15-7-10-24(38)18-36(2)3)20-29(31)33(42)23-9-5-12-26(40)17-23/h4-6,8-9,11-14,16-17,24,28-29,31,39-40H,7,10,15,18-20H2,1-3H3/t24-,28-,29+,31+/m0/s1. The Bertz CT molecular complexity index is 1460. The van der Waals surface area contributed by atoms with Crippen LogP contribution in [-0.2, 0) is 0 Å². The Labute approximate surface area is 251 Å². The number of amides is 2. The fraction of sp³-hybridized carbons (Fsp3) is 0.382. The molecule has 2 aliphatic heterocycles. The van der Waals surface area contributed by atoms with Crippen molar-refractivity contribution in [1.29, 1.82) is 0 Å². The van der Waals surface area contributed by atoms with Gasteiger partial charge in [-0.2, -0.15) is 0 Å². The molecule has 2 amide bonds. The van der Waals surface area contributed by atoms with Gasteiger partial charge in [0.15, 0.2) is 11.6 Å². The maximum absolute atomic E-state index is 15.0. The first-order chi connectivity index (χ1) is 20.5. The van der Waals surface area contributed by atoms with E-state index in [-0.39, 0.29) is 59.4 Å². The molecule has 2 aliphatic rings. The minimum Gasteiger partial charge on any atom is -0.508 e. The number of hydrogen-bond acceptors (Lipinski definition) is 6. The summed E-state index contributed by atoms with van der Waals surface area (Å²) in [5, 5.41) is 20.3. The zero-order chi connectivity index (χ0) is 30.8. The maximum atomic E-state index is 15.0. The third-order valence-corrected chi connectivity index (χ3v) is 8.77. The molecule has 43 heavy (non-hydrogen) atoms. The molecule has 2 fully saturated rings. The van der Waals surface area contributed by atoms with E-state index >= 15 is 0 Å². The van der Waals surface area contributed by atoms with Crippen LogP contribution in [0, 0.1) is 24.6 Å². The summed E-state index contributed by atoms with van der Waals surface area (Å²) < 4.78 is 15.0. The number of carbonyl (C=O) groups excluding carboxylic acids is 3. The summed E-state index contributed by atoms with van der Waals surface area (Å²) in [6.07, 6.45) is 1.72. The number of phenols is 2. The van der Waals surface area contributed by atoms with E-state index in [4.69, 9.17) is 0 Å². The van der Waals surface area contributed by atoms with Crippen molar-refractivity contribution in [3.63, 3.8) is 0 Å². The molecule has 9 heteroatoms. The average Bonchev–Trinajstić information content (AvgIpc) is 3.44. The van der Waals surface area contributed by atoms with E-state index in [1.165, 1.54) is 30.3 Å². The van der Waals surface area contributed by atoms with Crippen molar-refractivity contribution in [3.05, 3.63) is 94.8 Å². The largest absolute Gasteiger partial charge is 0.508 e. The molecule has 0 aliphatic carbocycles. The topological polar surface area (TPSA) is 101 Å². The van der Waals surface area contributed by atoms with Gasteiger partial charge in [0.1, 0.15) is 17.3 Å². The Kier molecular flexibility index (Phi) is 8.82. The molecule has 0 unspecified atom stereocenters. The highest BCUT2D eigenvalue weighted by Crippen LogP contribution is 2.43. The van der Waals surface area contributed by atoms with Crippen LogP contribution in [0.15, 0.2) is 66.7 Å². The SMILES string of the molecule is Cc1c(F)cccc1[C@@H]1[C@@H](C(=O)c2cccc(O)c2)CN(C(=O)N2CCC[C@H]2CN(C)C)C[C@H]1C(=O)c1cccc(O)c1. The molecule has 0 bridgehead atoms. The lowest BCUT2D eigenvalue weighted by Gasteiger charge is -2.45. The molecular formula is C34H38FN3O5. The number of phenolic OH excluding ortho intramolecular Hbond substituents is 2. The fourth-order valence-corrected chi connectivity index (χ4v) is 6.75. The molecule has 3 aromatic rings. The highest BCUT2D eigenvalue weighted by Gasteiger charge is 2.48. The second-order valence-electron chi connectivity index (χ2n) is 12.0. The monoisotopic (exact) mass is 587 g/mol. The van der Waals surface area contributed by atoms with E-state index in [9.17, 15) is 29.0 Å². The zero-order valence-electron chi connectivity index (χ0n) is 24.7. The van der Waals surface area contributed by atoms with E-state index in [1.807, 2.05) is 23.9 Å². The molecular weight excluding hydrogens is 549 g/mol. The van der Waals surface area contributed by atoms with Gasteiger partial charge in [0.2, 0.25) is 0 Å². The Balaban J connectivity index is 1.63. The molecule has 5 rings (SSSR count). The van der Waals surface area contributed by atoms with Gasteiger partial charge in [-0.05, 0) is 75.3 Å². The van der Waals surface area contributed by atoms with Crippen molar-refractivity contribution in [2.75, 3.05) is 40.3 Å². The number of rotatable bonds is 7. The van der Waals surface area contributed by atoms with Gasteiger partial charge >= 0.3 is 6.03 Å². The van der Waals surface area contributed by atoms with Crippen LogP contribution in [0.3, 0.4) is 0 Å². The van der Waals surface area contributed by atoms with Crippen LogP contribution in [0.1, 0.15) is 50.6 Å². The summed E-state index contributed by atoms with van der Waals surface area (Å²) in [5.74, 6) is -3.87. The summed E-state index contributed by atoms with van der Waals surface area (Å²) >= 11 is 0. The highest BCUT2D eigenvalue weighted by molar-refractivity contribution is 6.03. The number of hydrogen-bond donors (Lipinski definition) is 2. The van der Waals surface area contributed by atoms with Crippen LogP contribution in [0.25, 0.3) is 0 Å². The van der Waals surface area contributed by atoms with Gasteiger partial charge in [-0.25, -0.2) is 9.18 Å². The third kappa shape index (κ3) is 6.27. The zero-order valence-corrected chi connectivity index (χ0v) is 24.7. The lowest BCUT2D eigenvalue weighted by atomic mass is 9.68. The van der Waals surface area contributed by atoms with Crippen molar-refractivity contribution in [1.82, 2.24) is 14.7 Å². The Morgan fingerprint density at radius 1 is 0.884 bits per heavy atom. The van der Waals surface area contributed by atoms with Gasteiger partial charge in [0.05, 0.1) is 0 Å². The van der Waals surface area contributed by atoms with Crippen LogP contribution in [0.4, 0.5) is 9.18 Å².